The number of nitrogens with zero attached hydrogens (tertiary/aromatic N) is 2. The summed E-state index contributed by atoms with van der Waals surface area (Å²) in [6.45, 7) is 7.04. The van der Waals surface area contributed by atoms with Crippen LogP contribution in [0.5, 0.6) is 0 Å². The van der Waals surface area contributed by atoms with Crippen LogP contribution in [-0.2, 0) is 0 Å². The average molecular weight is 187 g/mol. The highest BCUT2D eigenvalue weighted by atomic mass is 16.4. The van der Waals surface area contributed by atoms with Gasteiger partial charge in [0.1, 0.15) is 0 Å². The smallest absolute Gasteiger partial charge is 0.153 e. The van der Waals surface area contributed by atoms with Gasteiger partial charge in [0.05, 0.1) is 6.54 Å². The van der Waals surface area contributed by atoms with E-state index in [-0.39, 0.29) is 5.84 Å². The number of hydrogen-bond acceptors (Lipinski definition) is 3. The van der Waals surface area contributed by atoms with E-state index < -0.39 is 0 Å². The minimum atomic E-state index is 0.262. The van der Waals surface area contributed by atoms with Gasteiger partial charge in [-0.2, -0.15) is 0 Å². The number of rotatable bonds is 5. The molecule has 0 heterocycles. The monoisotopic (exact) mass is 187 g/mol. The van der Waals surface area contributed by atoms with Crippen molar-refractivity contribution in [2.75, 3.05) is 13.6 Å². The van der Waals surface area contributed by atoms with Crippen molar-refractivity contribution in [3.05, 3.63) is 0 Å². The third-order valence-corrected chi connectivity index (χ3v) is 2.10. The summed E-state index contributed by atoms with van der Waals surface area (Å²) in [6.07, 6.45) is 1.12. The summed E-state index contributed by atoms with van der Waals surface area (Å²) in [5.41, 5.74) is 5.40. The van der Waals surface area contributed by atoms with Crippen LogP contribution in [0, 0.1) is 5.92 Å². The maximum atomic E-state index is 8.38. The second kappa shape index (κ2) is 5.80. The van der Waals surface area contributed by atoms with E-state index in [0.717, 1.165) is 6.42 Å². The Morgan fingerprint density at radius 1 is 1.46 bits per heavy atom. The Labute approximate surface area is 80.4 Å². The molecule has 1 unspecified atom stereocenters. The molecule has 0 aromatic heterocycles. The lowest BCUT2D eigenvalue weighted by Crippen LogP contribution is -2.37. The van der Waals surface area contributed by atoms with Gasteiger partial charge < -0.3 is 10.9 Å². The third kappa shape index (κ3) is 5.47. The number of likely N-dealkylation sites (N-methyl/N-ethyl adjacent to an activating group) is 1. The van der Waals surface area contributed by atoms with Crippen LogP contribution in [-0.4, -0.2) is 35.6 Å². The van der Waals surface area contributed by atoms with Crippen molar-refractivity contribution in [1.29, 1.82) is 0 Å². The van der Waals surface area contributed by atoms with Crippen LogP contribution in [0.3, 0.4) is 0 Å². The van der Waals surface area contributed by atoms with Crippen molar-refractivity contribution >= 4 is 5.84 Å². The van der Waals surface area contributed by atoms with E-state index >= 15 is 0 Å². The molecule has 0 saturated carbocycles. The van der Waals surface area contributed by atoms with Gasteiger partial charge in [0, 0.05) is 6.04 Å². The minimum absolute atomic E-state index is 0.262. The van der Waals surface area contributed by atoms with Crippen LogP contribution >= 0.6 is 0 Å². The van der Waals surface area contributed by atoms with Gasteiger partial charge in [-0.3, -0.25) is 4.90 Å². The van der Waals surface area contributed by atoms with Crippen molar-refractivity contribution in [1.82, 2.24) is 4.90 Å². The molecule has 0 spiro atoms. The highest BCUT2D eigenvalue weighted by Crippen LogP contribution is 2.08. The predicted octanol–water partition coefficient (Wildman–Crippen LogP) is 1.10. The zero-order chi connectivity index (χ0) is 10.4. The zero-order valence-corrected chi connectivity index (χ0v) is 8.99. The summed E-state index contributed by atoms with van der Waals surface area (Å²) in [4.78, 5) is 2.08. The SMILES string of the molecule is CC(C)CC(C)N(C)CC(N)=NO. The largest absolute Gasteiger partial charge is 0.409 e. The molecular formula is C9H21N3O. The Kier molecular flexibility index (Phi) is 5.46. The maximum absolute atomic E-state index is 8.38. The molecule has 0 fully saturated rings. The molecule has 4 nitrogen and oxygen atoms in total. The normalized spacial score (nSPS) is 15.4. The van der Waals surface area contributed by atoms with Gasteiger partial charge in [-0.05, 0) is 26.3 Å². The van der Waals surface area contributed by atoms with E-state index in [9.17, 15) is 0 Å². The van der Waals surface area contributed by atoms with Gasteiger partial charge in [-0.25, -0.2) is 0 Å². The van der Waals surface area contributed by atoms with Crippen molar-refractivity contribution in [3.8, 4) is 0 Å². The molecule has 0 aromatic carbocycles. The van der Waals surface area contributed by atoms with Crippen molar-refractivity contribution in [2.45, 2.75) is 33.2 Å². The zero-order valence-electron chi connectivity index (χ0n) is 8.99. The first-order chi connectivity index (χ1) is 5.97. The molecule has 0 saturated heterocycles. The molecular weight excluding hydrogens is 166 g/mol. The average Bonchev–Trinajstić information content (AvgIpc) is 2.02. The van der Waals surface area contributed by atoms with Crippen LogP contribution in [0.25, 0.3) is 0 Å². The standard InChI is InChI=1S/C9H21N3O/c1-7(2)5-8(3)12(4)6-9(10)11-13/h7-8,13H,5-6H2,1-4H3,(H2,10,11). The fraction of sp³-hybridized carbons (Fsp3) is 0.889. The van der Waals surface area contributed by atoms with Crippen LogP contribution in [0.4, 0.5) is 0 Å². The summed E-state index contributed by atoms with van der Waals surface area (Å²) in [5.74, 6) is 0.933. The molecule has 0 aliphatic rings. The van der Waals surface area contributed by atoms with Crippen molar-refractivity contribution in [2.24, 2.45) is 16.8 Å². The highest BCUT2D eigenvalue weighted by Gasteiger charge is 2.11. The second-order valence-electron chi connectivity index (χ2n) is 3.99. The van der Waals surface area contributed by atoms with Crippen LogP contribution in [0.2, 0.25) is 0 Å². The molecule has 0 radical (unpaired) electrons. The Morgan fingerprint density at radius 3 is 2.38 bits per heavy atom. The first-order valence-corrected chi connectivity index (χ1v) is 4.64. The predicted molar refractivity (Wildman–Crippen MR) is 55.0 cm³/mol. The lowest BCUT2D eigenvalue weighted by atomic mass is 10.0. The van der Waals surface area contributed by atoms with E-state index in [1.54, 1.807) is 0 Å². The number of amidine groups is 1. The first-order valence-electron chi connectivity index (χ1n) is 4.64. The van der Waals surface area contributed by atoms with E-state index in [0.29, 0.717) is 18.5 Å². The minimum Gasteiger partial charge on any atom is -0.409 e. The fourth-order valence-electron chi connectivity index (χ4n) is 1.31. The first kappa shape index (κ1) is 12.2. The molecule has 0 aliphatic heterocycles. The Balaban J connectivity index is 3.88. The van der Waals surface area contributed by atoms with Crippen LogP contribution in [0.1, 0.15) is 27.2 Å². The topological polar surface area (TPSA) is 61.8 Å². The molecule has 0 amide bonds. The van der Waals surface area contributed by atoms with E-state index in [2.05, 4.69) is 30.8 Å². The molecule has 1 atom stereocenters. The number of nitrogens with two attached hydrogens (primary N) is 1. The highest BCUT2D eigenvalue weighted by molar-refractivity contribution is 5.81. The quantitative estimate of drug-likeness (QED) is 0.293. The second-order valence-corrected chi connectivity index (χ2v) is 3.99. The van der Waals surface area contributed by atoms with Crippen LogP contribution in [0.15, 0.2) is 5.16 Å². The van der Waals surface area contributed by atoms with E-state index in [1.807, 2.05) is 7.05 Å². The maximum Gasteiger partial charge on any atom is 0.153 e. The van der Waals surface area contributed by atoms with Gasteiger partial charge in [0.15, 0.2) is 5.84 Å². The molecule has 0 bridgehead atoms. The Hall–Kier alpha value is -0.770. The van der Waals surface area contributed by atoms with Crippen LogP contribution < -0.4 is 5.73 Å². The molecule has 13 heavy (non-hydrogen) atoms. The number of hydrogen-bond donors (Lipinski definition) is 2. The summed E-state index contributed by atoms with van der Waals surface area (Å²) in [6, 6.07) is 0.459. The summed E-state index contributed by atoms with van der Waals surface area (Å²) >= 11 is 0. The van der Waals surface area contributed by atoms with Gasteiger partial charge >= 0.3 is 0 Å². The molecule has 0 aliphatic carbocycles. The van der Waals surface area contributed by atoms with Crippen molar-refractivity contribution in [3.63, 3.8) is 0 Å². The molecule has 78 valence electrons. The fourth-order valence-corrected chi connectivity index (χ4v) is 1.31. The summed E-state index contributed by atoms with van der Waals surface area (Å²) in [7, 11) is 1.98. The molecule has 0 rings (SSSR count). The number of oxime groups is 1. The molecule has 4 heteroatoms. The van der Waals surface area contributed by atoms with E-state index in [4.69, 9.17) is 10.9 Å². The van der Waals surface area contributed by atoms with Gasteiger partial charge in [0.25, 0.3) is 0 Å². The molecule has 3 N–H and O–H groups in total. The Morgan fingerprint density at radius 2 is 2.00 bits per heavy atom. The van der Waals surface area contributed by atoms with Crippen molar-refractivity contribution < 1.29 is 5.21 Å². The molecule has 0 aromatic rings. The van der Waals surface area contributed by atoms with Gasteiger partial charge in [-0.1, -0.05) is 19.0 Å². The lowest BCUT2D eigenvalue weighted by Gasteiger charge is -2.25. The lowest BCUT2D eigenvalue weighted by molar-refractivity contribution is 0.250. The third-order valence-electron chi connectivity index (χ3n) is 2.10. The Bertz CT molecular complexity index is 168. The van der Waals surface area contributed by atoms with E-state index in [1.165, 1.54) is 0 Å². The van der Waals surface area contributed by atoms with Gasteiger partial charge in [-0.15, -0.1) is 0 Å². The summed E-state index contributed by atoms with van der Waals surface area (Å²) in [5, 5.41) is 11.3. The van der Waals surface area contributed by atoms with Gasteiger partial charge in [0.2, 0.25) is 0 Å². The summed E-state index contributed by atoms with van der Waals surface area (Å²) < 4.78 is 0.